The molecule has 1 aromatic rings. The summed E-state index contributed by atoms with van der Waals surface area (Å²) in [5, 5.41) is 6.82. The van der Waals surface area contributed by atoms with Crippen molar-refractivity contribution in [2.75, 3.05) is 11.9 Å². The third kappa shape index (κ3) is 4.54. The van der Waals surface area contributed by atoms with Crippen LogP contribution >= 0.6 is 0 Å². The Morgan fingerprint density at radius 1 is 1.39 bits per heavy atom. The van der Waals surface area contributed by atoms with E-state index in [1.54, 1.807) is 6.07 Å². The van der Waals surface area contributed by atoms with Crippen molar-refractivity contribution >= 4 is 11.8 Å². The first-order valence-electron chi connectivity index (χ1n) is 8.36. The fourth-order valence-electron chi connectivity index (χ4n) is 2.33. The number of nitrogens with one attached hydrogen (secondary N) is 1. The summed E-state index contributed by atoms with van der Waals surface area (Å²) in [7, 11) is 0. The largest absolute Gasteiger partial charge is 0.353 e. The van der Waals surface area contributed by atoms with Gasteiger partial charge in [-0.3, -0.25) is 10.1 Å². The number of rotatable bonds is 6. The maximum absolute atomic E-state index is 11.7. The lowest BCUT2D eigenvalue weighted by molar-refractivity contribution is -0.196. The molecule has 0 bridgehead atoms. The van der Waals surface area contributed by atoms with Gasteiger partial charge in [-0.25, -0.2) is 0 Å². The molecule has 2 atom stereocenters. The highest BCUT2D eigenvalue weighted by Gasteiger charge is 2.34. The predicted molar refractivity (Wildman–Crippen MR) is 87.1 cm³/mol. The summed E-state index contributed by atoms with van der Waals surface area (Å²) >= 11 is 0. The van der Waals surface area contributed by atoms with Crippen LogP contribution in [0.2, 0.25) is 0 Å². The molecule has 0 aliphatic carbocycles. The van der Waals surface area contributed by atoms with Crippen molar-refractivity contribution in [3.63, 3.8) is 0 Å². The Bertz CT molecular complexity index is 518. The van der Waals surface area contributed by atoms with Crippen LogP contribution in [0, 0.1) is 5.92 Å². The molecule has 6 heteroatoms. The molecule has 1 saturated heterocycles. The Morgan fingerprint density at radius 3 is 2.74 bits per heavy atom. The summed E-state index contributed by atoms with van der Waals surface area (Å²) in [4.78, 5) is 11.7. The van der Waals surface area contributed by atoms with Gasteiger partial charge in [0, 0.05) is 24.0 Å². The van der Waals surface area contributed by atoms with Crippen LogP contribution in [0.5, 0.6) is 0 Å². The van der Waals surface area contributed by atoms with E-state index in [-0.39, 0.29) is 29.6 Å². The molecule has 2 heterocycles. The van der Waals surface area contributed by atoms with E-state index >= 15 is 0 Å². The topological polar surface area (TPSA) is 73.6 Å². The second-order valence-electron chi connectivity index (χ2n) is 7.02. The molecule has 23 heavy (non-hydrogen) atoms. The third-order valence-electron chi connectivity index (χ3n) is 4.45. The third-order valence-corrected chi connectivity index (χ3v) is 4.45. The van der Waals surface area contributed by atoms with Crippen molar-refractivity contribution < 1.29 is 18.8 Å². The van der Waals surface area contributed by atoms with Crippen LogP contribution in [0.1, 0.15) is 59.6 Å². The van der Waals surface area contributed by atoms with Gasteiger partial charge in [0.25, 0.3) is 0 Å². The van der Waals surface area contributed by atoms with E-state index in [0.29, 0.717) is 5.88 Å². The second-order valence-corrected chi connectivity index (χ2v) is 7.02. The lowest BCUT2D eigenvalue weighted by Gasteiger charge is -2.34. The molecule has 0 aromatic carbocycles. The molecule has 1 N–H and O–H groups in total. The summed E-state index contributed by atoms with van der Waals surface area (Å²) in [5.74, 6) is 0.167. The van der Waals surface area contributed by atoms with Gasteiger partial charge in [0.1, 0.15) is 0 Å². The SMILES string of the molecule is CC(C)C(=O)Nc1cc(C(C)(C)C(C)OC2CCCCO2)no1. The summed E-state index contributed by atoms with van der Waals surface area (Å²) in [6.45, 7) is 10.5. The molecule has 6 nitrogen and oxygen atoms in total. The van der Waals surface area contributed by atoms with Crippen molar-refractivity contribution in [3.8, 4) is 0 Å². The van der Waals surface area contributed by atoms with E-state index in [1.165, 1.54) is 0 Å². The van der Waals surface area contributed by atoms with Gasteiger partial charge in [-0.05, 0) is 26.2 Å². The fourth-order valence-corrected chi connectivity index (χ4v) is 2.33. The first-order chi connectivity index (χ1) is 10.8. The van der Waals surface area contributed by atoms with Crippen LogP contribution in [-0.4, -0.2) is 30.1 Å². The van der Waals surface area contributed by atoms with Gasteiger partial charge in [0.2, 0.25) is 11.8 Å². The van der Waals surface area contributed by atoms with Crippen molar-refractivity contribution in [2.24, 2.45) is 5.92 Å². The number of amides is 1. The van der Waals surface area contributed by atoms with E-state index in [4.69, 9.17) is 14.0 Å². The molecule has 1 amide bonds. The summed E-state index contributed by atoms with van der Waals surface area (Å²) < 4.78 is 16.9. The van der Waals surface area contributed by atoms with Crippen molar-refractivity contribution in [1.29, 1.82) is 0 Å². The number of hydrogen-bond acceptors (Lipinski definition) is 5. The first kappa shape index (κ1) is 17.9. The van der Waals surface area contributed by atoms with Crippen LogP contribution in [-0.2, 0) is 19.7 Å². The predicted octanol–water partition coefficient (Wildman–Crippen LogP) is 3.48. The van der Waals surface area contributed by atoms with Crippen molar-refractivity contribution in [1.82, 2.24) is 5.16 Å². The molecule has 2 rings (SSSR count). The van der Waals surface area contributed by atoms with E-state index in [1.807, 2.05) is 34.6 Å². The minimum atomic E-state index is -0.356. The molecule has 130 valence electrons. The molecule has 1 aromatic heterocycles. The van der Waals surface area contributed by atoms with Crippen LogP contribution in [0.15, 0.2) is 10.6 Å². The van der Waals surface area contributed by atoms with Crippen LogP contribution in [0.25, 0.3) is 0 Å². The Balaban J connectivity index is 2.00. The van der Waals surface area contributed by atoms with Gasteiger partial charge < -0.3 is 14.0 Å². The number of hydrogen-bond donors (Lipinski definition) is 1. The quantitative estimate of drug-likeness (QED) is 0.867. The number of carbonyl (C=O) groups excluding carboxylic acids is 1. The van der Waals surface area contributed by atoms with Gasteiger partial charge in [-0.1, -0.05) is 32.9 Å². The Labute approximate surface area is 137 Å². The highest BCUT2D eigenvalue weighted by Crippen LogP contribution is 2.31. The van der Waals surface area contributed by atoms with Crippen molar-refractivity contribution in [3.05, 3.63) is 11.8 Å². The molecule has 0 spiro atoms. The van der Waals surface area contributed by atoms with E-state index in [0.717, 1.165) is 31.6 Å². The van der Waals surface area contributed by atoms with Gasteiger partial charge in [0.15, 0.2) is 6.29 Å². The standard InChI is InChI=1S/C17H28N2O4/c1-11(2)16(20)18-14-10-13(19-23-14)17(4,5)12(3)22-15-8-6-7-9-21-15/h10-12,15H,6-9H2,1-5H3,(H,18,20). The number of anilines is 1. The van der Waals surface area contributed by atoms with Crippen LogP contribution < -0.4 is 5.32 Å². The van der Waals surface area contributed by atoms with Crippen LogP contribution in [0.3, 0.4) is 0 Å². The zero-order chi connectivity index (χ0) is 17.0. The fraction of sp³-hybridized carbons (Fsp3) is 0.765. The zero-order valence-corrected chi connectivity index (χ0v) is 14.7. The molecule has 1 fully saturated rings. The van der Waals surface area contributed by atoms with Crippen LogP contribution in [0.4, 0.5) is 5.88 Å². The molecule has 1 aliphatic rings. The average Bonchev–Trinajstić information content (AvgIpc) is 2.97. The van der Waals surface area contributed by atoms with E-state index in [9.17, 15) is 4.79 Å². The molecular weight excluding hydrogens is 296 g/mol. The summed E-state index contributed by atoms with van der Waals surface area (Å²) in [6, 6.07) is 1.77. The van der Waals surface area contributed by atoms with Gasteiger partial charge in [-0.15, -0.1) is 0 Å². The Hall–Kier alpha value is -1.40. The van der Waals surface area contributed by atoms with Gasteiger partial charge in [-0.2, -0.15) is 0 Å². The molecule has 0 saturated carbocycles. The number of carbonyl (C=O) groups is 1. The normalized spacial score (nSPS) is 20.5. The lowest BCUT2D eigenvalue weighted by atomic mass is 9.84. The van der Waals surface area contributed by atoms with Gasteiger partial charge in [0.05, 0.1) is 11.8 Å². The average molecular weight is 324 g/mol. The number of aromatic nitrogens is 1. The molecular formula is C17H28N2O4. The number of nitrogens with zero attached hydrogens (tertiary/aromatic N) is 1. The Morgan fingerprint density at radius 2 is 2.13 bits per heavy atom. The van der Waals surface area contributed by atoms with Gasteiger partial charge >= 0.3 is 0 Å². The van der Waals surface area contributed by atoms with E-state index in [2.05, 4.69) is 10.5 Å². The summed E-state index contributed by atoms with van der Waals surface area (Å²) in [6.07, 6.45) is 2.91. The number of ether oxygens (including phenoxy) is 2. The van der Waals surface area contributed by atoms with E-state index < -0.39 is 0 Å². The molecule has 1 aliphatic heterocycles. The second kappa shape index (κ2) is 7.45. The highest BCUT2D eigenvalue weighted by molar-refractivity contribution is 5.90. The maximum Gasteiger partial charge on any atom is 0.231 e. The minimum Gasteiger partial charge on any atom is -0.353 e. The maximum atomic E-state index is 11.7. The minimum absolute atomic E-state index is 0.0922. The molecule has 2 unspecified atom stereocenters. The lowest BCUT2D eigenvalue weighted by Crippen LogP contribution is -2.38. The zero-order valence-electron chi connectivity index (χ0n) is 14.7. The molecule has 0 radical (unpaired) electrons. The summed E-state index contributed by atoms with van der Waals surface area (Å²) in [5.41, 5.74) is 0.394. The smallest absolute Gasteiger partial charge is 0.231 e. The van der Waals surface area contributed by atoms with Crippen molar-refractivity contribution in [2.45, 2.75) is 71.7 Å². The monoisotopic (exact) mass is 324 g/mol. The highest BCUT2D eigenvalue weighted by atomic mass is 16.7. The first-order valence-corrected chi connectivity index (χ1v) is 8.36. The Kier molecular flexibility index (Phi) is 5.81.